The summed E-state index contributed by atoms with van der Waals surface area (Å²) in [7, 11) is 0. The molecule has 1 heterocycles. The van der Waals surface area contributed by atoms with Crippen molar-refractivity contribution in [1.29, 1.82) is 0 Å². The summed E-state index contributed by atoms with van der Waals surface area (Å²) in [4.78, 5) is 32.2. The molecule has 0 radical (unpaired) electrons. The van der Waals surface area contributed by atoms with Gasteiger partial charge in [-0.2, -0.15) is 0 Å². The van der Waals surface area contributed by atoms with Gasteiger partial charge in [0.2, 0.25) is 11.8 Å². The third-order valence-corrected chi connectivity index (χ3v) is 4.82. The molecular formula is C24H26N4O2. The van der Waals surface area contributed by atoms with Crippen LogP contribution in [0.3, 0.4) is 0 Å². The fourth-order valence-corrected chi connectivity index (χ4v) is 3.01. The Hall–Kier alpha value is -3.54. The smallest absolute Gasteiger partial charge is 0.248 e. The zero-order valence-electron chi connectivity index (χ0n) is 17.5. The molecule has 0 aliphatic rings. The summed E-state index contributed by atoms with van der Waals surface area (Å²) >= 11 is 0. The topological polar surface area (TPSA) is 98.0 Å². The highest BCUT2D eigenvalue weighted by molar-refractivity contribution is 5.94. The first-order valence-electron chi connectivity index (χ1n) is 9.84. The number of nitrogens with two attached hydrogens (primary N) is 1. The van der Waals surface area contributed by atoms with Gasteiger partial charge < -0.3 is 11.1 Å². The Morgan fingerprint density at radius 2 is 1.73 bits per heavy atom. The number of amides is 2. The van der Waals surface area contributed by atoms with Crippen molar-refractivity contribution in [3.8, 4) is 11.3 Å². The summed E-state index contributed by atoms with van der Waals surface area (Å²) < 4.78 is 0. The minimum Gasteiger partial charge on any atom is -0.366 e. The molecule has 3 N–H and O–H groups in total. The van der Waals surface area contributed by atoms with E-state index in [9.17, 15) is 9.59 Å². The van der Waals surface area contributed by atoms with Crippen LogP contribution in [-0.2, 0) is 16.6 Å². The molecule has 2 aromatic carbocycles. The van der Waals surface area contributed by atoms with Crippen LogP contribution in [0.25, 0.3) is 11.3 Å². The largest absolute Gasteiger partial charge is 0.366 e. The normalized spacial score (nSPS) is 11.2. The molecule has 0 atom stereocenters. The highest BCUT2D eigenvalue weighted by Crippen LogP contribution is 2.22. The van der Waals surface area contributed by atoms with Crippen molar-refractivity contribution in [3.05, 3.63) is 77.6 Å². The van der Waals surface area contributed by atoms with E-state index in [1.807, 2.05) is 6.07 Å². The van der Waals surface area contributed by atoms with Gasteiger partial charge in [-0.1, -0.05) is 57.2 Å². The van der Waals surface area contributed by atoms with Gasteiger partial charge in [0.25, 0.3) is 0 Å². The summed E-state index contributed by atoms with van der Waals surface area (Å²) in [6.45, 7) is 6.53. The second-order valence-electron chi connectivity index (χ2n) is 8.23. The van der Waals surface area contributed by atoms with Crippen molar-refractivity contribution < 1.29 is 9.59 Å². The predicted molar refractivity (Wildman–Crippen MR) is 118 cm³/mol. The van der Waals surface area contributed by atoms with Crippen LogP contribution in [0.4, 0.5) is 5.82 Å². The van der Waals surface area contributed by atoms with E-state index in [0.29, 0.717) is 29.9 Å². The number of hydrogen-bond donors (Lipinski definition) is 2. The molecule has 0 saturated carbocycles. The standard InChI is InChI=1S/C24H26N4O2/c1-24(2,3)19-10-7-16(8-11-19)9-12-22(29)28-21-15-26-20(14-27-21)17-5-4-6-18(13-17)23(25)30/h4-8,10-11,13-15H,9,12H2,1-3H3,(H2,25,30)(H,27,28,29). The van der Waals surface area contributed by atoms with E-state index in [2.05, 4.69) is 60.3 Å². The second-order valence-corrected chi connectivity index (χ2v) is 8.23. The maximum absolute atomic E-state index is 12.3. The van der Waals surface area contributed by atoms with Crippen molar-refractivity contribution in [2.24, 2.45) is 5.73 Å². The molecule has 0 unspecified atom stereocenters. The summed E-state index contributed by atoms with van der Waals surface area (Å²) in [5.74, 6) is -0.229. The van der Waals surface area contributed by atoms with Crippen LogP contribution >= 0.6 is 0 Å². The van der Waals surface area contributed by atoms with E-state index in [4.69, 9.17) is 5.73 Å². The molecule has 2 amide bonds. The number of carbonyl (C=O) groups is 2. The lowest BCUT2D eigenvalue weighted by atomic mass is 9.86. The van der Waals surface area contributed by atoms with Crippen LogP contribution in [0.1, 0.15) is 48.7 Å². The molecule has 0 fully saturated rings. The summed E-state index contributed by atoms with van der Waals surface area (Å²) in [6.07, 6.45) is 4.07. The second kappa shape index (κ2) is 8.86. The third-order valence-electron chi connectivity index (χ3n) is 4.82. The van der Waals surface area contributed by atoms with E-state index >= 15 is 0 Å². The summed E-state index contributed by atoms with van der Waals surface area (Å²) in [5.41, 5.74) is 9.55. The minimum atomic E-state index is -0.498. The number of nitrogens with zero attached hydrogens (tertiary/aromatic N) is 2. The molecule has 0 aliphatic carbocycles. The molecule has 3 rings (SSSR count). The van der Waals surface area contributed by atoms with Gasteiger partial charge in [0.15, 0.2) is 5.82 Å². The number of benzene rings is 2. The molecule has 30 heavy (non-hydrogen) atoms. The van der Waals surface area contributed by atoms with Gasteiger partial charge in [0.1, 0.15) is 0 Å². The van der Waals surface area contributed by atoms with Crippen LogP contribution in [0.2, 0.25) is 0 Å². The van der Waals surface area contributed by atoms with Crippen LogP contribution in [0.5, 0.6) is 0 Å². The molecule has 0 bridgehead atoms. The molecule has 0 spiro atoms. The highest BCUT2D eigenvalue weighted by atomic mass is 16.2. The zero-order chi connectivity index (χ0) is 21.7. The van der Waals surface area contributed by atoms with E-state index in [1.165, 1.54) is 11.8 Å². The monoisotopic (exact) mass is 402 g/mol. The van der Waals surface area contributed by atoms with Crippen molar-refractivity contribution in [3.63, 3.8) is 0 Å². The van der Waals surface area contributed by atoms with E-state index in [-0.39, 0.29) is 11.3 Å². The molecule has 6 heteroatoms. The van der Waals surface area contributed by atoms with Crippen LogP contribution < -0.4 is 11.1 Å². The van der Waals surface area contributed by atoms with Crippen LogP contribution in [-0.4, -0.2) is 21.8 Å². The van der Waals surface area contributed by atoms with Gasteiger partial charge in [0, 0.05) is 17.5 Å². The number of primary amides is 1. The van der Waals surface area contributed by atoms with Crippen molar-refractivity contribution in [1.82, 2.24) is 9.97 Å². The number of carbonyl (C=O) groups excluding carboxylic acids is 2. The number of nitrogens with one attached hydrogen (secondary N) is 1. The quantitative estimate of drug-likeness (QED) is 0.648. The highest BCUT2D eigenvalue weighted by Gasteiger charge is 2.13. The summed E-state index contributed by atoms with van der Waals surface area (Å²) in [5, 5.41) is 2.77. The van der Waals surface area contributed by atoms with Gasteiger partial charge in [-0.25, -0.2) is 4.98 Å². The lowest BCUT2D eigenvalue weighted by Crippen LogP contribution is -2.14. The average molecular weight is 402 g/mol. The first-order chi connectivity index (χ1) is 14.2. The van der Waals surface area contributed by atoms with Gasteiger partial charge in [-0.3, -0.25) is 14.6 Å². The van der Waals surface area contributed by atoms with Crippen LogP contribution in [0.15, 0.2) is 60.9 Å². The number of aryl methyl sites for hydroxylation is 1. The van der Waals surface area contributed by atoms with Crippen molar-refractivity contribution in [2.45, 2.75) is 39.0 Å². The number of rotatable bonds is 6. The maximum atomic E-state index is 12.3. The molecule has 0 aliphatic heterocycles. The van der Waals surface area contributed by atoms with Crippen LogP contribution in [0, 0.1) is 0 Å². The van der Waals surface area contributed by atoms with E-state index < -0.39 is 5.91 Å². The predicted octanol–water partition coefficient (Wildman–Crippen LogP) is 4.11. The van der Waals surface area contributed by atoms with Gasteiger partial charge in [-0.05, 0) is 35.1 Å². The average Bonchev–Trinajstić information content (AvgIpc) is 2.72. The Bertz CT molecular complexity index is 1040. The van der Waals surface area contributed by atoms with Crippen molar-refractivity contribution in [2.75, 3.05) is 5.32 Å². The third kappa shape index (κ3) is 5.50. The Kier molecular flexibility index (Phi) is 6.26. The van der Waals surface area contributed by atoms with E-state index in [1.54, 1.807) is 24.4 Å². The molecule has 0 saturated heterocycles. The molecule has 154 valence electrons. The van der Waals surface area contributed by atoms with Crippen molar-refractivity contribution >= 4 is 17.6 Å². The number of aromatic nitrogens is 2. The minimum absolute atomic E-state index is 0.113. The Labute approximate surface area is 176 Å². The lowest BCUT2D eigenvalue weighted by Gasteiger charge is -2.19. The zero-order valence-corrected chi connectivity index (χ0v) is 17.5. The SMILES string of the molecule is CC(C)(C)c1ccc(CCC(=O)Nc2cnc(-c3cccc(C(N)=O)c3)cn2)cc1. The fraction of sp³-hybridized carbons (Fsp3) is 0.250. The lowest BCUT2D eigenvalue weighted by molar-refractivity contribution is -0.116. The first-order valence-corrected chi connectivity index (χ1v) is 9.84. The first kappa shape index (κ1) is 21.2. The number of anilines is 1. The van der Waals surface area contributed by atoms with E-state index in [0.717, 1.165) is 11.1 Å². The molecule has 6 nitrogen and oxygen atoms in total. The molecular weight excluding hydrogens is 376 g/mol. The Balaban J connectivity index is 1.57. The van der Waals surface area contributed by atoms with Gasteiger partial charge in [-0.15, -0.1) is 0 Å². The molecule has 3 aromatic rings. The maximum Gasteiger partial charge on any atom is 0.248 e. The van der Waals surface area contributed by atoms with Gasteiger partial charge >= 0.3 is 0 Å². The Morgan fingerprint density at radius 1 is 1.00 bits per heavy atom. The van der Waals surface area contributed by atoms with Gasteiger partial charge in [0.05, 0.1) is 18.1 Å². The fourth-order valence-electron chi connectivity index (χ4n) is 3.01. The Morgan fingerprint density at radius 3 is 2.33 bits per heavy atom. The summed E-state index contributed by atoms with van der Waals surface area (Å²) in [6, 6.07) is 15.2. The molecule has 1 aromatic heterocycles. The number of hydrogen-bond acceptors (Lipinski definition) is 4.